The molecule has 0 amide bonds. The molecule has 0 N–H and O–H groups in total. The zero-order chi connectivity index (χ0) is 9.42. The third kappa shape index (κ3) is 1.65. The Balaban J connectivity index is 2.87. The molecular weight excluding hydrogens is 234 g/mol. The van der Waals surface area contributed by atoms with E-state index in [0.29, 0.717) is 11.2 Å². The van der Waals surface area contributed by atoms with Crippen LogP contribution in [0.25, 0.3) is 11.2 Å². The lowest BCUT2D eigenvalue weighted by molar-refractivity contribution is 1.15. The van der Waals surface area contributed by atoms with Crippen molar-refractivity contribution in [3.8, 4) is 0 Å². The molecule has 0 aliphatic carbocycles. The number of halogens is 3. The molecule has 0 fully saturated rings. The summed E-state index contributed by atoms with van der Waals surface area (Å²) in [6.45, 7) is 0. The minimum Gasteiger partial charge on any atom is -0.232 e. The van der Waals surface area contributed by atoms with Crippen LogP contribution < -0.4 is 0 Å². The van der Waals surface area contributed by atoms with Crippen LogP contribution in [0.3, 0.4) is 0 Å². The number of hydrogen-bond acceptors (Lipinski definition) is 4. The van der Waals surface area contributed by atoms with E-state index in [-0.39, 0.29) is 15.6 Å². The third-order valence-electron chi connectivity index (χ3n) is 1.31. The summed E-state index contributed by atoms with van der Waals surface area (Å²) in [6, 6.07) is 0. The van der Waals surface area contributed by atoms with Crippen LogP contribution in [-0.4, -0.2) is 19.9 Å². The molecule has 0 radical (unpaired) electrons. The van der Waals surface area contributed by atoms with Crippen molar-refractivity contribution in [2.24, 2.45) is 0 Å². The van der Waals surface area contributed by atoms with E-state index in [9.17, 15) is 0 Å². The highest BCUT2D eigenvalue weighted by Gasteiger charge is 2.07. The van der Waals surface area contributed by atoms with Gasteiger partial charge in [-0.25, -0.2) is 15.0 Å². The van der Waals surface area contributed by atoms with Crippen molar-refractivity contribution in [3.05, 3.63) is 21.8 Å². The van der Waals surface area contributed by atoms with Gasteiger partial charge < -0.3 is 0 Å². The Labute approximate surface area is 87.9 Å². The largest absolute Gasteiger partial charge is 0.232 e. The quantitative estimate of drug-likeness (QED) is 0.520. The van der Waals surface area contributed by atoms with Crippen molar-refractivity contribution in [1.29, 1.82) is 0 Å². The molecule has 7 heteroatoms. The first kappa shape index (κ1) is 8.87. The van der Waals surface area contributed by atoms with Crippen molar-refractivity contribution in [1.82, 2.24) is 19.9 Å². The molecule has 0 unspecified atom stereocenters. The van der Waals surface area contributed by atoms with Crippen molar-refractivity contribution < 1.29 is 0 Å². The van der Waals surface area contributed by atoms with Gasteiger partial charge in [0.2, 0.25) is 5.28 Å². The highest BCUT2D eigenvalue weighted by atomic mass is 35.5. The van der Waals surface area contributed by atoms with Crippen LogP contribution in [0, 0.1) is 0 Å². The minimum absolute atomic E-state index is 0.0362. The molecule has 0 bridgehead atoms. The fourth-order valence-electron chi connectivity index (χ4n) is 0.828. The molecule has 0 saturated carbocycles. The van der Waals surface area contributed by atoms with E-state index in [1.807, 2.05) is 0 Å². The third-order valence-corrected chi connectivity index (χ3v) is 1.92. The summed E-state index contributed by atoms with van der Waals surface area (Å²) >= 11 is 16.9. The van der Waals surface area contributed by atoms with Crippen molar-refractivity contribution >= 4 is 46.0 Å². The molecule has 0 spiro atoms. The standard InChI is InChI=1S/C6HCl3N4/c7-2-1-10-5-3(11-2)4(8)12-6(9)13-5/h1H. The van der Waals surface area contributed by atoms with Crippen LogP contribution in [0.2, 0.25) is 15.6 Å². The second-order valence-corrected chi connectivity index (χ2v) is 3.23. The number of rotatable bonds is 0. The van der Waals surface area contributed by atoms with Gasteiger partial charge in [-0.1, -0.05) is 23.2 Å². The van der Waals surface area contributed by atoms with Gasteiger partial charge in [0.05, 0.1) is 6.20 Å². The SMILES string of the molecule is Clc1cnc2nc(Cl)nc(Cl)c2n1. The van der Waals surface area contributed by atoms with Crippen molar-refractivity contribution in [2.45, 2.75) is 0 Å². The Morgan fingerprint density at radius 3 is 2.54 bits per heavy atom. The number of fused-ring (bicyclic) bond motifs is 1. The fraction of sp³-hybridized carbons (Fsp3) is 0. The molecule has 13 heavy (non-hydrogen) atoms. The van der Waals surface area contributed by atoms with Crippen molar-refractivity contribution in [2.75, 3.05) is 0 Å². The van der Waals surface area contributed by atoms with Gasteiger partial charge in [-0.3, -0.25) is 0 Å². The van der Waals surface area contributed by atoms with E-state index in [0.717, 1.165) is 0 Å². The van der Waals surface area contributed by atoms with Gasteiger partial charge in [-0.2, -0.15) is 4.98 Å². The molecule has 4 nitrogen and oxygen atoms in total. The molecule has 2 aromatic heterocycles. The number of hydrogen-bond donors (Lipinski definition) is 0. The van der Waals surface area contributed by atoms with Gasteiger partial charge in [-0.05, 0) is 11.6 Å². The molecule has 0 aromatic carbocycles. The zero-order valence-electron chi connectivity index (χ0n) is 6.00. The topological polar surface area (TPSA) is 51.6 Å². The van der Waals surface area contributed by atoms with Crippen LogP contribution >= 0.6 is 34.8 Å². The van der Waals surface area contributed by atoms with Crippen LogP contribution in [0.1, 0.15) is 0 Å². The smallest absolute Gasteiger partial charge is 0.225 e. The highest BCUT2D eigenvalue weighted by molar-refractivity contribution is 6.35. The fourth-order valence-corrected chi connectivity index (χ4v) is 1.38. The summed E-state index contributed by atoms with van der Waals surface area (Å²) in [6.07, 6.45) is 1.36. The van der Waals surface area contributed by atoms with Crippen LogP contribution in [0.4, 0.5) is 0 Å². The maximum atomic E-state index is 5.74. The monoisotopic (exact) mass is 234 g/mol. The lowest BCUT2D eigenvalue weighted by Crippen LogP contribution is -1.92. The predicted molar refractivity (Wildman–Crippen MR) is 50.2 cm³/mol. The first-order valence-corrected chi connectivity index (χ1v) is 4.31. The Kier molecular flexibility index (Phi) is 2.19. The van der Waals surface area contributed by atoms with Crippen LogP contribution in [0.15, 0.2) is 6.20 Å². The highest BCUT2D eigenvalue weighted by Crippen LogP contribution is 2.19. The van der Waals surface area contributed by atoms with Gasteiger partial charge in [0, 0.05) is 0 Å². The Bertz CT molecular complexity index is 473. The average Bonchev–Trinajstić information content (AvgIpc) is 2.06. The maximum Gasteiger partial charge on any atom is 0.225 e. The Hall–Kier alpha value is -0.710. The summed E-state index contributed by atoms with van der Waals surface area (Å²) in [5.41, 5.74) is 0.674. The Morgan fingerprint density at radius 2 is 1.77 bits per heavy atom. The van der Waals surface area contributed by atoms with Gasteiger partial charge >= 0.3 is 0 Å². The van der Waals surface area contributed by atoms with E-state index in [1.54, 1.807) is 0 Å². The normalized spacial score (nSPS) is 10.7. The first-order chi connectivity index (χ1) is 6.16. The minimum atomic E-state index is 0.0362. The molecule has 0 atom stereocenters. The zero-order valence-corrected chi connectivity index (χ0v) is 8.27. The molecule has 2 rings (SSSR count). The lowest BCUT2D eigenvalue weighted by Gasteiger charge is -1.97. The summed E-state index contributed by atoms with van der Waals surface area (Å²) < 4.78 is 0. The molecule has 2 heterocycles. The van der Waals surface area contributed by atoms with Crippen molar-refractivity contribution in [3.63, 3.8) is 0 Å². The van der Waals surface area contributed by atoms with Crippen LogP contribution in [-0.2, 0) is 0 Å². The molecule has 0 saturated heterocycles. The van der Waals surface area contributed by atoms with Gasteiger partial charge in [0.25, 0.3) is 0 Å². The summed E-state index contributed by atoms with van der Waals surface area (Å²) in [7, 11) is 0. The van der Waals surface area contributed by atoms with Gasteiger partial charge in [0.15, 0.2) is 10.8 Å². The molecule has 0 aliphatic rings. The molecule has 2 aromatic rings. The molecule has 66 valence electrons. The number of aromatic nitrogens is 4. The molecule has 0 aliphatic heterocycles. The molecular formula is C6HCl3N4. The predicted octanol–water partition coefficient (Wildman–Crippen LogP) is 2.38. The van der Waals surface area contributed by atoms with Gasteiger partial charge in [-0.15, -0.1) is 0 Å². The van der Waals surface area contributed by atoms with E-state index in [4.69, 9.17) is 34.8 Å². The second-order valence-electron chi connectivity index (χ2n) is 2.15. The van der Waals surface area contributed by atoms with E-state index >= 15 is 0 Å². The summed E-state index contributed by atoms with van der Waals surface area (Å²) in [5.74, 6) is 0. The summed E-state index contributed by atoms with van der Waals surface area (Å²) in [5, 5.41) is 0.416. The van der Waals surface area contributed by atoms with Gasteiger partial charge in [0.1, 0.15) is 10.7 Å². The van der Waals surface area contributed by atoms with E-state index < -0.39 is 0 Å². The average molecular weight is 235 g/mol. The Morgan fingerprint density at radius 1 is 1.00 bits per heavy atom. The first-order valence-electron chi connectivity index (χ1n) is 3.18. The summed E-state index contributed by atoms with van der Waals surface area (Å²) in [4.78, 5) is 15.3. The van der Waals surface area contributed by atoms with E-state index in [2.05, 4.69) is 19.9 Å². The number of nitrogens with zero attached hydrogens (tertiary/aromatic N) is 4. The van der Waals surface area contributed by atoms with E-state index in [1.165, 1.54) is 6.20 Å². The maximum absolute atomic E-state index is 5.74. The lowest BCUT2D eigenvalue weighted by atomic mass is 10.5. The second kappa shape index (κ2) is 3.21. The van der Waals surface area contributed by atoms with Crippen LogP contribution in [0.5, 0.6) is 0 Å².